The van der Waals surface area contributed by atoms with Gasteiger partial charge >= 0.3 is 6.18 Å². The second-order valence-corrected chi connectivity index (χ2v) is 5.85. The van der Waals surface area contributed by atoms with Crippen molar-refractivity contribution in [3.8, 4) is 0 Å². The number of nitrogens with one attached hydrogen (secondary N) is 1. The summed E-state index contributed by atoms with van der Waals surface area (Å²) in [5, 5.41) is 13.7. The molecule has 0 spiro atoms. The number of nitro groups is 1. The molecular weight excluding hydrogens is 341 g/mol. The molecule has 1 N–H and O–H groups in total. The molecule has 0 saturated carbocycles. The lowest BCUT2D eigenvalue weighted by molar-refractivity contribution is -0.384. The average molecular weight is 360 g/mol. The van der Waals surface area contributed by atoms with E-state index in [0.717, 1.165) is 25.2 Å². The predicted octanol–water partition coefficient (Wildman–Crippen LogP) is 2.19. The fraction of sp³-hybridized carbons (Fsp3) is 0.533. The van der Waals surface area contributed by atoms with Gasteiger partial charge in [-0.25, -0.2) is 0 Å². The molecular formula is C15H19F3N4O3. The molecule has 0 atom stereocenters. The van der Waals surface area contributed by atoms with Crippen molar-refractivity contribution < 1.29 is 22.9 Å². The first-order valence-corrected chi connectivity index (χ1v) is 7.74. The van der Waals surface area contributed by atoms with E-state index in [4.69, 9.17) is 0 Å². The molecule has 1 heterocycles. The molecule has 1 aromatic rings. The Balaban J connectivity index is 1.96. The molecule has 1 aliphatic heterocycles. The smallest absolute Gasteiger partial charge is 0.379 e. The molecule has 1 saturated heterocycles. The Morgan fingerprint density at radius 2 is 1.92 bits per heavy atom. The van der Waals surface area contributed by atoms with Crippen LogP contribution in [0.4, 0.5) is 24.5 Å². The van der Waals surface area contributed by atoms with E-state index in [2.05, 4.69) is 10.2 Å². The van der Waals surface area contributed by atoms with Crippen LogP contribution in [0.3, 0.4) is 0 Å². The number of anilines is 1. The molecule has 1 fully saturated rings. The summed E-state index contributed by atoms with van der Waals surface area (Å²) in [7, 11) is 1.97. The highest BCUT2D eigenvalue weighted by Crippen LogP contribution is 2.34. The first kappa shape index (κ1) is 19.0. The number of likely N-dealkylation sites (N-methyl/N-ethyl adjacent to an activating group) is 1. The van der Waals surface area contributed by atoms with Gasteiger partial charge < -0.3 is 15.1 Å². The van der Waals surface area contributed by atoms with Crippen LogP contribution in [0.5, 0.6) is 0 Å². The number of carbonyl (C=O) groups is 1. The van der Waals surface area contributed by atoms with Crippen LogP contribution in [-0.4, -0.2) is 60.4 Å². The molecule has 0 radical (unpaired) electrons. The second-order valence-electron chi connectivity index (χ2n) is 5.85. The number of nitro benzene ring substituents is 1. The number of alkyl halides is 3. The van der Waals surface area contributed by atoms with E-state index in [1.165, 1.54) is 0 Å². The van der Waals surface area contributed by atoms with Crippen LogP contribution < -0.4 is 5.32 Å². The number of hydrogen-bond acceptors (Lipinski definition) is 5. The number of piperazine rings is 1. The van der Waals surface area contributed by atoms with E-state index in [0.29, 0.717) is 19.2 Å². The third-order valence-electron chi connectivity index (χ3n) is 4.03. The Morgan fingerprint density at radius 1 is 1.28 bits per heavy atom. The second kappa shape index (κ2) is 7.68. The molecule has 25 heavy (non-hydrogen) atoms. The Kier molecular flexibility index (Phi) is 5.83. The Bertz CT molecular complexity index is 643. The van der Waals surface area contributed by atoms with Gasteiger partial charge in [0.15, 0.2) is 0 Å². The molecule has 7 nitrogen and oxygen atoms in total. The van der Waals surface area contributed by atoms with E-state index < -0.39 is 22.4 Å². The number of hydrogen-bond donors (Lipinski definition) is 1. The topological polar surface area (TPSA) is 78.7 Å². The van der Waals surface area contributed by atoms with Gasteiger partial charge in [-0.3, -0.25) is 14.9 Å². The molecule has 10 heteroatoms. The van der Waals surface area contributed by atoms with Crippen molar-refractivity contribution in [3.63, 3.8) is 0 Å². The molecule has 0 bridgehead atoms. The van der Waals surface area contributed by atoms with Crippen molar-refractivity contribution in [2.24, 2.45) is 0 Å². The number of amides is 1. The first-order chi connectivity index (χ1) is 11.7. The zero-order chi connectivity index (χ0) is 18.6. The molecule has 1 aromatic carbocycles. The minimum absolute atomic E-state index is 0.0378. The molecule has 1 amide bonds. The fourth-order valence-corrected chi connectivity index (χ4v) is 2.53. The Morgan fingerprint density at radius 3 is 2.48 bits per heavy atom. The van der Waals surface area contributed by atoms with Crippen LogP contribution in [-0.2, 0) is 11.0 Å². The maximum Gasteiger partial charge on any atom is 0.416 e. The van der Waals surface area contributed by atoms with Crippen molar-refractivity contribution in [2.75, 3.05) is 45.1 Å². The monoisotopic (exact) mass is 360 g/mol. The highest BCUT2D eigenvalue weighted by molar-refractivity contribution is 5.77. The normalized spacial score (nSPS) is 15.9. The van der Waals surface area contributed by atoms with Gasteiger partial charge in [-0.15, -0.1) is 0 Å². The van der Waals surface area contributed by atoms with Crippen LogP contribution in [0, 0.1) is 10.1 Å². The molecule has 0 aromatic heterocycles. The van der Waals surface area contributed by atoms with E-state index >= 15 is 0 Å². The molecule has 2 rings (SSSR count). The van der Waals surface area contributed by atoms with Crippen LogP contribution in [0.15, 0.2) is 18.2 Å². The molecule has 0 unspecified atom stereocenters. The van der Waals surface area contributed by atoms with Gasteiger partial charge in [-0.1, -0.05) is 0 Å². The van der Waals surface area contributed by atoms with Crippen molar-refractivity contribution in [2.45, 2.75) is 12.6 Å². The summed E-state index contributed by atoms with van der Waals surface area (Å²) in [5.41, 5.74) is -1.79. The standard InChI is InChI=1S/C15H19F3N4O3/c1-20-6-8-21(9-7-20)14(23)4-5-19-12-3-2-11(15(16,17)18)10-13(12)22(24)25/h2-3,10,19H,4-9H2,1H3. The Hall–Kier alpha value is -2.36. The first-order valence-electron chi connectivity index (χ1n) is 7.74. The summed E-state index contributed by atoms with van der Waals surface area (Å²) in [5.74, 6) is -0.0878. The van der Waals surface area contributed by atoms with Crippen LogP contribution in [0.2, 0.25) is 0 Å². The molecule has 138 valence electrons. The quantitative estimate of drug-likeness (QED) is 0.643. The van der Waals surface area contributed by atoms with Crippen molar-refractivity contribution in [1.29, 1.82) is 0 Å². The fourth-order valence-electron chi connectivity index (χ4n) is 2.53. The van der Waals surface area contributed by atoms with E-state index in [-0.39, 0.29) is 24.6 Å². The highest BCUT2D eigenvalue weighted by atomic mass is 19.4. The lowest BCUT2D eigenvalue weighted by Crippen LogP contribution is -2.47. The van der Waals surface area contributed by atoms with Gasteiger partial charge in [0.1, 0.15) is 5.69 Å². The van der Waals surface area contributed by atoms with E-state index in [9.17, 15) is 28.1 Å². The highest BCUT2D eigenvalue weighted by Gasteiger charge is 2.33. The lowest BCUT2D eigenvalue weighted by Gasteiger charge is -2.32. The van der Waals surface area contributed by atoms with E-state index in [1.807, 2.05) is 7.05 Å². The number of carbonyl (C=O) groups excluding carboxylic acids is 1. The number of rotatable bonds is 5. The lowest BCUT2D eigenvalue weighted by atomic mass is 10.1. The van der Waals surface area contributed by atoms with Crippen LogP contribution in [0.1, 0.15) is 12.0 Å². The Labute approximate surface area is 142 Å². The van der Waals surface area contributed by atoms with E-state index in [1.54, 1.807) is 4.90 Å². The number of benzene rings is 1. The van der Waals surface area contributed by atoms with Gasteiger partial charge in [-0.05, 0) is 19.2 Å². The summed E-state index contributed by atoms with van der Waals surface area (Å²) >= 11 is 0. The summed E-state index contributed by atoms with van der Waals surface area (Å²) in [6.07, 6.45) is -4.54. The van der Waals surface area contributed by atoms with Crippen molar-refractivity contribution in [3.05, 3.63) is 33.9 Å². The van der Waals surface area contributed by atoms with Gasteiger partial charge in [0.05, 0.1) is 10.5 Å². The SMILES string of the molecule is CN1CCN(C(=O)CCNc2ccc(C(F)(F)F)cc2[N+](=O)[O-])CC1. The molecule has 0 aliphatic carbocycles. The maximum atomic E-state index is 12.7. The number of halogens is 3. The largest absolute Gasteiger partial charge is 0.416 e. The minimum atomic E-state index is -4.65. The van der Waals surface area contributed by atoms with Crippen LogP contribution in [0.25, 0.3) is 0 Å². The maximum absolute atomic E-state index is 12.7. The summed E-state index contributed by atoms with van der Waals surface area (Å²) in [6, 6.07) is 2.28. The van der Waals surface area contributed by atoms with Gasteiger partial charge in [0.25, 0.3) is 5.69 Å². The third kappa shape index (κ3) is 5.05. The van der Waals surface area contributed by atoms with Gasteiger partial charge in [0, 0.05) is 45.2 Å². The van der Waals surface area contributed by atoms with Gasteiger partial charge in [0.2, 0.25) is 5.91 Å². The van der Waals surface area contributed by atoms with Gasteiger partial charge in [-0.2, -0.15) is 13.2 Å². The number of nitrogens with zero attached hydrogens (tertiary/aromatic N) is 3. The summed E-state index contributed by atoms with van der Waals surface area (Å²) in [6.45, 7) is 2.91. The summed E-state index contributed by atoms with van der Waals surface area (Å²) in [4.78, 5) is 26.0. The zero-order valence-corrected chi connectivity index (χ0v) is 13.7. The average Bonchev–Trinajstić information content (AvgIpc) is 2.54. The van der Waals surface area contributed by atoms with Crippen LogP contribution >= 0.6 is 0 Å². The predicted molar refractivity (Wildman–Crippen MR) is 85.3 cm³/mol. The third-order valence-corrected chi connectivity index (χ3v) is 4.03. The zero-order valence-electron chi connectivity index (χ0n) is 13.7. The molecule has 1 aliphatic rings. The van der Waals surface area contributed by atoms with Crippen molar-refractivity contribution in [1.82, 2.24) is 9.80 Å². The summed E-state index contributed by atoms with van der Waals surface area (Å²) < 4.78 is 38.0. The van der Waals surface area contributed by atoms with Crippen molar-refractivity contribution >= 4 is 17.3 Å². The minimum Gasteiger partial charge on any atom is -0.379 e.